The third-order valence-electron chi connectivity index (χ3n) is 5.53. The zero-order chi connectivity index (χ0) is 14.7. The summed E-state index contributed by atoms with van der Waals surface area (Å²) in [5, 5.41) is 3.84. The number of benzene rings is 1. The van der Waals surface area contributed by atoms with Gasteiger partial charge in [0, 0.05) is 13.2 Å². The first-order chi connectivity index (χ1) is 10.3. The smallest absolute Gasteiger partial charge is 0.0833 e. The topological polar surface area (TPSA) is 21.3 Å². The van der Waals surface area contributed by atoms with Gasteiger partial charge in [0.15, 0.2) is 0 Å². The van der Waals surface area contributed by atoms with Crippen molar-refractivity contribution in [3.8, 4) is 0 Å². The number of hydrogen-bond acceptors (Lipinski definition) is 2. The molecule has 3 unspecified atom stereocenters. The van der Waals surface area contributed by atoms with Gasteiger partial charge in [0.2, 0.25) is 0 Å². The molecule has 0 saturated heterocycles. The largest absolute Gasteiger partial charge is 0.377 e. The lowest BCUT2D eigenvalue weighted by Crippen LogP contribution is -2.52. The van der Waals surface area contributed by atoms with Gasteiger partial charge >= 0.3 is 0 Å². The molecule has 0 bridgehead atoms. The molecule has 2 aliphatic rings. The Morgan fingerprint density at radius 3 is 2.57 bits per heavy atom. The van der Waals surface area contributed by atoms with E-state index in [0.717, 1.165) is 18.4 Å². The summed E-state index contributed by atoms with van der Waals surface area (Å²) in [5.74, 6) is 1.48. The normalized spacial score (nSPS) is 28.5. The minimum atomic E-state index is 0.0867. The van der Waals surface area contributed by atoms with E-state index in [1.807, 2.05) is 7.11 Å². The van der Waals surface area contributed by atoms with E-state index in [0.29, 0.717) is 6.04 Å². The van der Waals surface area contributed by atoms with Crippen molar-refractivity contribution < 1.29 is 4.74 Å². The van der Waals surface area contributed by atoms with E-state index in [9.17, 15) is 0 Å². The van der Waals surface area contributed by atoms with Gasteiger partial charge in [0.05, 0.1) is 5.60 Å². The molecule has 0 amide bonds. The first-order valence-electron chi connectivity index (χ1n) is 8.64. The molecule has 1 N–H and O–H groups in total. The lowest BCUT2D eigenvalue weighted by molar-refractivity contribution is -0.0421. The van der Waals surface area contributed by atoms with Crippen molar-refractivity contribution in [2.75, 3.05) is 13.7 Å². The van der Waals surface area contributed by atoms with Crippen molar-refractivity contribution in [2.45, 2.75) is 63.0 Å². The second kappa shape index (κ2) is 6.50. The first-order valence-corrected chi connectivity index (χ1v) is 8.64. The van der Waals surface area contributed by atoms with Crippen LogP contribution in [0.5, 0.6) is 0 Å². The molecule has 116 valence electrons. The molecule has 3 atom stereocenters. The Morgan fingerprint density at radius 2 is 1.95 bits per heavy atom. The molecule has 2 saturated carbocycles. The summed E-state index contributed by atoms with van der Waals surface area (Å²) in [6.07, 6.45) is 7.60. The van der Waals surface area contributed by atoms with Crippen LogP contribution in [-0.2, 0) is 4.74 Å². The maximum absolute atomic E-state index is 6.08. The Bertz CT molecular complexity index is 438. The number of nitrogens with one attached hydrogen (secondary N) is 1. The van der Waals surface area contributed by atoms with E-state index >= 15 is 0 Å². The van der Waals surface area contributed by atoms with E-state index in [1.165, 1.54) is 44.1 Å². The van der Waals surface area contributed by atoms with Crippen LogP contribution in [0.3, 0.4) is 0 Å². The van der Waals surface area contributed by atoms with Crippen LogP contribution in [0.4, 0.5) is 0 Å². The highest BCUT2D eigenvalue weighted by atomic mass is 16.5. The molecule has 0 aliphatic heterocycles. The fourth-order valence-corrected chi connectivity index (χ4v) is 4.31. The highest BCUT2D eigenvalue weighted by Crippen LogP contribution is 2.54. The van der Waals surface area contributed by atoms with Gasteiger partial charge in [-0.15, -0.1) is 0 Å². The number of hydrogen-bond donors (Lipinski definition) is 1. The predicted octanol–water partition coefficient (Wildman–Crippen LogP) is 4.12. The average molecular weight is 287 g/mol. The van der Waals surface area contributed by atoms with Crippen molar-refractivity contribution in [3.05, 3.63) is 35.9 Å². The lowest BCUT2D eigenvalue weighted by atomic mass is 9.86. The van der Waals surface area contributed by atoms with Crippen LogP contribution in [0.1, 0.15) is 56.9 Å². The summed E-state index contributed by atoms with van der Waals surface area (Å²) in [6.45, 7) is 3.35. The van der Waals surface area contributed by atoms with Crippen LogP contribution < -0.4 is 5.32 Å². The van der Waals surface area contributed by atoms with E-state index in [4.69, 9.17) is 4.74 Å². The molecule has 2 nitrogen and oxygen atoms in total. The molecule has 2 fully saturated rings. The minimum Gasteiger partial charge on any atom is -0.377 e. The molecule has 0 spiro atoms. The van der Waals surface area contributed by atoms with E-state index in [-0.39, 0.29) is 5.60 Å². The second-order valence-corrected chi connectivity index (χ2v) is 6.82. The Kier molecular flexibility index (Phi) is 4.66. The molecule has 1 aromatic rings. The Balaban J connectivity index is 1.75. The lowest BCUT2D eigenvalue weighted by Gasteiger charge is -2.38. The van der Waals surface area contributed by atoms with Crippen LogP contribution >= 0.6 is 0 Å². The zero-order valence-electron chi connectivity index (χ0n) is 13.5. The molecule has 2 aliphatic carbocycles. The Hall–Kier alpha value is -0.860. The van der Waals surface area contributed by atoms with Gasteiger partial charge in [0.1, 0.15) is 0 Å². The number of methoxy groups -OCH3 is 1. The minimum absolute atomic E-state index is 0.0867. The van der Waals surface area contributed by atoms with Gasteiger partial charge in [-0.25, -0.2) is 0 Å². The molecule has 3 rings (SSSR count). The van der Waals surface area contributed by atoms with Crippen LogP contribution in [0.15, 0.2) is 30.3 Å². The van der Waals surface area contributed by atoms with Crippen molar-refractivity contribution in [3.63, 3.8) is 0 Å². The SMILES string of the molecule is CCCNC(C1CC1c1ccccc1)C1(OC)CCCC1. The fraction of sp³-hybridized carbons (Fsp3) is 0.684. The van der Waals surface area contributed by atoms with Gasteiger partial charge in [-0.3, -0.25) is 0 Å². The standard InChI is InChI=1S/C19H29NO/c1-3-13-20-18(19(21-2)11-7-8-12-19)17-14-16(17)15-9-5-4-6-10-15/h4-6,9-10,16-18,20H,3,7-8,11-14H2,1-2H3. The van der Waals surface area contributed by atoms with Gasteiger partial charge in [-0.05, 0) is 49.6 Å². The molecule has 0 aromatic heterocycles. The Labute approximate surface area is 129 Å². The molecule has 2 heteroatoms. The molecule has 21 heavy (non-hydrogen) atoms. The predicted molar refractivity (Wildman–Crippen MR) is 87.6 cm³/mol. The molecule has 0 radical (unpaired) electrons. The Morgan fingerprint density at radius 1 is 1.24 bits per heavy atom. The summed E-state index contributed by atoms with van der Waals surface area (Å²) in [5.41, 5.74) is 1.60. The van der Waals surface area contributed by atoms with E-state index in [1.54, 1.807) is 0 Å². The summed E-state index contributed by atoms with van der Waals surface area (Å²) in [4.78, 5) is 0. The van der Waals surface area contributed by atoms with Crippen molar-refractivity contribution in [2.24, 2.45) is 5.92 Å². The van der Waals surface area contributed by atoms with Gasteiger partial charge in [0.25, 0.3) is 0 Å². The highest BCUT2D eigenvalue weighted by molar-refractivity contribution is 5.28. The van der Waals surface area contributed by atoms with E-state index in [2.05, 4.69) is 42.6 Å². The zero-order valence-corrected chi connectivity index (χ0v) is 13.5. The summed E-state index contributed by atoms with van der Waals surface area (Å²) in [7, 11) is 1.92. The van der Waals surface area contributed by atoms with Gasteiger partial charge < -0.3 is 10.1 Å². The van der Waals surface area contributed by atoms with Crippen molar-refractivity contribution in [1.82, 2.24) is 5.32 Å². The van der Waals surface area contributed by atoms with Gasteiger partial charge in [-0.1, -0.05) is 50.1 Å². The summed E-state index contributed by atoms with van der Waals surface area (Å²) >= 11 is 0. The number of ether oxygens (including phenoxy) is 1. The van der Waals surface area contributed by atoms with Crippen molar-refractivity contribution in [1.29, 1.82) is 0 Å². The van der Waals surface area contributed by atoms with Crippen LogP contribution in [0.2, 0.25) is 0 Å². The average Bonchev–Trinajstić information content (AvgIpc) is 3.17. The highest BCUT2D eigenvalue weighted by Gasteiger charge is 2.53. The van der Waals surface area contributed by atoms with Crippen molar-refractivity contribution >= 4 is 0 Å². The van der Waals surface area contributed by atoms with E-state index < -0.39 is 0 Å². The van der Waals surface area contributed by atoms with Crippen LogP contribution in [0, 0.1) is 5.92 Å². The summed E-state index contributed by atoms with van der Waals surface area (Å²) < 4.78 is 6.08. The van der Waals surface area contributed by atoms with Crippen LogP contribution in [-0.4, -0.2) is 25.3 Å². The van der Waals surface area contributed by atoms with Gasteiger partial charge in [-0.2, -0.15) is 0 Å². The molecule has 1 aromatic carbocycles. The first kappa shape index (κ1) is 15.1. The maximum Gasteiger partial charge on any atom is 0.0833 e. The quantitative estimate of drug-likeness (QED) is 0.814. The second-order valence-electron chi connectivity index (χ2n) is 6.82. The fourth-order valence-electron chi connectivity index (χ4n) is 4.31. The molecular formula is C19H29NO. The molecule has 0 heterocycles. The number of rotatable bonds is 7. The molecular weight excluding hydrogens is 258 g/mol. The third-order valence-corrected chi connectivity index (χ3v) is 5.53. The third kappa shape index (κ3) is 3.02. The summed E-state index contributed by atoms with van der Waals surface area (Å²) in [6, 6.07) is 11.5. The monoisotopic (exact) mass is 287 g/mol. The maximum atomic E-state index is 6.08. The van der Waals surface area contributed by atoms with Crippen LogP contribution in [0.25, 0.3) is 0 Å².